The van der Waals surface area contributed by atoms with Gasteiger partial charge < -0.3 is 9.42 Å². The molecular weight excluding hydrogens is 166 g/mol. The van der Waals surface area contributed by atoms with Crippen molar-refractivity contribution < 1.29 is 48.3 Å². The molecular formula is C4H8NaO4P. The monoisotopic (exact) mass is 174 g/mol. The van der Waals surface area contributed by atoms with Crippen LogP contribution in [0.15, 0.2) is 0 Å². The van der Waals surface area contributed by atoms with Crippen LogP contribution in [0.25, 0.3) is 0 Å². The zero-order valence-electron chi connectivity index (χ0n) is 6.21. The van der Waals surface area contributed by atoms with E-state index in [1.165, 1.54) is 0 Å². The van der Waals surface area contributed by atoms with Crippen LogP contribution in [0.3, 0.4) is 0 Å². The average Bonchev–Trinajstić information content (AvgIpc) is 1.63. The van der Waals surface area contributed by atoms with Gasteiger partial charge >= 0.3 is 35.5 Å². The summed E-state index contributed by atoms with van der Waals surface area (Å²) in [6, 6.07) is 0. The molecule has 0 aliphatic carbocycles. The fourth-order valence-electron chi connectivity index (χ4n) is 0.200. The van der Waals surface area contributed by atoms with E-state index in [1.54, 1.807) is 13.8 Å². The summed E-state index contributed by atoms with van der Waals surface area (Å²) in [4.78, 5) is 20.1. The van der Waals surface area contributed by atoms with Crippen molar-refractivity contribution in [3.63, 3.8) is 0 Å². The molecule has 0 heterocycles. The Kier molecular flexibility index (Phi) is 8.46. The molecule has 6 heteroatoms. The molecule has 0 bridgehead atoms. The summed E-state index contributed by atoms with van der Waals surface area (Å²) in [5.41, 5.74) is 0. The molecule has 0 spiro atoms. The van der Waals surface area contributed by atoms with Crippen molar-refractivity contribution >= 4 is 14.2 Å². The number of hydrogen-bond donors (Lipinski definition) is 0. The van der Waals surface area contributed by atoms with Crippen molar-refractivity contribution in [2.75, 3.05) is 0 Å². The third-order valence-corrected chi connectivity index (χ3v) is 1.02. The normalized spacial score (nSPS) is 12.0. The third-order valence-electron chi connectivity index (χ3n) is 0.655. The van der Waals surface area contributed by atoms with Crippen LogP contribution < -0.4 is 34.5 Å². The minimum absolute atomic E-state index is 0. The van der Waals surface area contributed by atoms with Crippen molar-refractivity contribution in [3.05, 3.63) is 0 Å². The van der Waals surface area contributed by atoms with Crippen LogP contribution in [0.1, 0.15) is 13.8 Å². The summed E-state index contributed by atoms with van der Waals surface area (Å²) in [6.45, 7) is 3.13. The van der Waals surface area contributed by atoms with Gasteiger partial charge in [-0.25, -0.2) is 0 Å². The average molecular weight is 174 g/mol. The minimum atomic E-state index is -3.33. The predicted molar refractivity (Wildman–Crippen MR) is 29.9 cm³/mol. The predicted octanol–water partition coefficient (Wildman–Crippen LogP) is -3.06. The summed E-state index contributed by atoms with van der Waals surface area (Å²) >= 11 is 0. The fraction of sp³-hybridized carbons (Fsp3) is 0.750. The largest absolute Gasteiger partial charge is 1.00 e. The molecule has 0 saturated heterocycles. The van der Waals surface area contributed by atoms with Crippen LogP contribution in [0.4, 0.5) is 0 Å². The van der Waals surface area contributed by atoms with Gasteiger partial charge in [0, 0.05) is 0 Å². The second-order valence-electron chi connectivity index (χ2n) is 1.83. The van der Waals surface area contributed by atoms with Crippen LogP contribution in [0, 0.1) is 5.92 Å². The first-order chi connectivity index (χ1) is 4.04. The van der Waals surface area contributed by atoms with Crippen molar-refractivity contribution in [2.24, 2.45) is 5.92 Å². The van der Waals surface area contributed by atoms with E-state index < -0.39 is 14.2 Å². The van der Waals surface area contributed by atoms with E-state index in [0.717, 1.165) is 0 Å². The molecule has 4 nitrogen and oxygen atoms in total. The van der Waals surface area contributed by atoms with E-state index in [9.17, 15) is 14.3 Å². The van der Waals surface area contributed by atoms with E-state index in [4.69, 9.17) is 0 Å². The second kappa shape index (κ2) is 6.38. The number of carbonyl (C=O) groups excluding carboxylic acids is 1. The van der Waals surface area contributed by atoms with Crippen molar-refractivity contribution in [1.29, 1.82) is 0 Å². The first kappa shape index (κ1) is 13.3. The molecule has 0 aliphatic heterocycles. The van der Waals surface area contributed by atoms with E-state index in [0.29, 0.717) is 0 Å². The standard InChI is InChI=1S/C4H9O4P.Na/c1-3(2)4(5)8-9(6)7;/h3,9H,1-2H3,(H,6,7);/q;+1/p-1. The maximum Gasteiger partial charge on any atom is 1.00 e. The molecule has 10 heavy (non-hydrogen) atoms. The van der Waals surface area contributed by atoms with E-state index >= 15 is 0 Å². The molecule has 0 radical (unpaired) electrons. The second-order valence-corrected chi connectivity index (χ2v) is 2.53. The summed E-state index contributed by atoms with van der Waals surface area (Å²) in [5, 5.41) is 0. The van der Waals surface area contributed by atoms with E-state index in [-0.39, 0.29) is 35.5 Å². The molecule has 1 atom stereocenters. The molecule has 1 unspecified atom stereocenters. The van der Waals surface area contributed by atoms with Gasteiger partial charge in [0.25, 0.3) is 0 Å². The molecule has 0 saturated carbocycles. The molecule has 0 amide bonds. The number of hydrogen-bond acceptors (Lipinski definition) is 4. The van der Waals surface area contributed by atoms with Gasteiger partial charge in [-0.15, -0.1) is 0 Å². The SMILES string of the molecule is CC(C)C(=O)O[PH](=O)[O-].[Na+]. The first-order valence-electron chi connectivity index (χ1n) is 2.46. The van der Waals surface area contributed by atoms with Gasteiger partial charge in [0.05, 0.1) is 5.92 Å². The van der Waals surface area contributed by atoms with Gasteiger partial charge in [0.2, 0.25) is 0 Å². The molecule has 0 aromatic heterocycles. The molecule has 0 rings (SSSR count). The van der Waals surface area contributed by atoms with Crippen LogP contribution in [0.5, 0.6) is 0 Å². The van der Waals surface area contributed by atoms with Gasteiger partial charge in [0.1, 0.15) is 0 Å². The Balaban J connectivity index is 0. The Bertz CT molecular complexity index is 135. The van der Waals surface area contributed by atoms with Gasteiger partial charge in [-0.3, -0.25) is 9.36 Å². The van der Waals surface area contributed by atoms with Crippen LogP contribution in [0.2, 0.25) is 0 Å². The zero-order valence-corrected chi connectivity index (χ0v) is 9.21. The molecule has 0 N–H and O–H groups in total. The summed E-state index contributed by atoms with van der Waals surface area (Å²) in [5.74, 6) is -1.08. The van der Waals surface area contributed by atoms with Gasteiger partial charge in [-0.1, -0.05) is 13.8 Å². The van der Waals surface area contributed by atoms with Crippen LogP contribution in [-0.4, -0.2) is 5.97 Å². The number of rotatable bonds is 2. The Morgan fingerprint density at radius 2 is 2.00 bits per heavy atom. The van der Waals surface area contributed by atoms with Crippen molar-refractivity contribution in [3.8, 4) is 0 Å². The van der Waals surface area contributed by atoms with Gasteiger partial charge in [-0.2, -0.15) is 0 Å². The Morgan fingerprint density at radius 3 is 2.10 bits per heavy atom. The van der Waals surface area contributed by atoms with Gasteiger partial charge in [0.15, 0.2) is 8.25 Å². The Morgan fingerprint density at radius 1 is 1.60 bits per heavy atom. The smallest absolute Gasteiger partial charge is 0.771 e. The van der Waals surface area contributed by atoms with Crippen molar-refractivity contribution in [2.45, 2.75) is 13.8 Å². The summed E-state index contributed by atoms with van der Waals surface area (Å²) in [7, 11) is -3.33. The topological polar surface area (TPSA) is 66.4 Å². The summed E-state index contributed by atoms with van der Waals surface area (Å²) < 4.78 is 13.6. The maximum absolute atomic E-state index is 10.4. The van der Waals surface area contributed by atoms with E-state index in [1.807, 2.05) is 0 Å². The fourth-order valence-corrected chi connectivity index (χ4v) is 0.600. The summed E-state index contributed by atoms with van der Waals surface area (Å²) in [6.07, 6.45) is 0. The minimum Gasteiger partial charge on any atom is -0.771 e. The van der Waals surface area contributed by atoms with Crippen LogP contribution in [-0.2, 0) is 13.9 Å². The van der Waals surface area contributed by atoms with E-state index in [2.05, 4.69) is 4.52 Å². The Hall–Kier alpha value is 0.660. The molecule has 0 aromatic carbocycles. The molecule has 0 aliphatic rings. The molecule has 54 valence electrons. The van der Waals surface area contributed by atoms with Crippen LogP contribution >= 0.6 is 8.25 Å². The third kappa shape index (κ3) is 6.78. The molecule has 0 aromatic rings. The zero-order chi connectivity index (χ0) is 7.44. The number of carbonyl (C=O) groups is 1. The first-order valence-corrected chi connectivity index (χ1v) is 3.69. The van der Waals surface area contributed by atoms with Gasteiger partial charge in [-0.05, 0) is 0 Å². The quantitative estimate of drug-likeness (QED) is 0.329. The maximum atomic E-state index is 10.4. The Labute approximate surface area is 82.2 Å². The van der Waals surface area contributed by atoms with Crippen molar-refractivity contribution in [1.82, 2.24) is 0 Å². The molecule has 0 fully saturated rings.